The van der Waals surface area contributed by atoms with Gasteiger partial charge < -0.3 is 26.2 Å². The smallest absolute Gasteiger partial charge is 0.255 e. The number of nitrogens with zero attached hydrogens (tertiary/aromatic N) is 2. The molecule has 41 heavy (non-hydrogen) atoms. The van der Waals surface area contributed by atoms with E-state index in [1.165, 1.54) is 42.5 Å². The van der Waals surface area contributed by atoms with E-state index in [9.17, 15) is 23.2 Å². The van der Waals surface area contributed by atoms with Gasteiger partial charge in [0.15, 0.2) is 0 Å². The molecule has 1 saturated heterocycles. The van der Waals surface area contributed by atoms with Crippen LogP contribution in [0.4, 0.5) is 20.2 Å². The average Bonchev–Trinajstić information content (AvgIpc) is 2.98. The van der Waals surface area contributed by atoms with E-state index in [0.717, 1.165) is 25.7 Å². The molecule has 8 nitrogen and oxygen atoms in total. The van der Waals surface area contributed by atoms with Crippen LogP contribution in [0.15, 0.2) is 66.7 Å². The summed E-state index contributed by atoms with van der Waals surface area (Å²) in [5.41, 5.74) is 8.09. The van der Waals surface area contributed by atoms with Crippen LogP contribution in [0.3, 0.4) is 0 Å². The Morgan fingerprint density at radius 1 is 0.732 bits per heavy atom. The summed E-state index contributed by atoms with van der Waals surface area (Å²) >= 11 is 0. The highest BCUT2D eigenvalue weighted by Gasteiger charge is 2.26. The largest absolute Gasteiger partial charge is 0.366 e. The second kappa shape index (κ2) is 12.5. The van der Waals surface area contributed by atoms with Crippen molar-refractivity contribution in [2.24, 2.45) is 5.73 Å². The van der Waals surface area contributed by atoms with E-state index in [2.05, 4.69) is 10.6 Å². The number of amides is 3. The van der Waals surface area contributed by atoms with E-state index < -0.39 is 17.5 Å². The number of rotatable bonds is 6. The lowest BCUT2D eigenvalue weighted by atomic mass is 9.91. The number of hydrogen-bond acceptors (Lipinski definition) is 5. The second-order valence-electron chi connectivity index (χ2n) is 10.6. The summed E-state index contributed by atoms with van der Waals surface area (Å²) < 4.78 is 27.1. The molecule has 0 atom stereocenters. The topological polar surface area (TPSA) is 108 Å². The molecular formula is C31H33F2N5O3. The van der Waals surface area contributed by atoms with E-state index in [1.807, 2.05) is 4.90 Å². The predicted molar refractivity (Wildman–Crippen MR) is 153 cm³/mol. The number of nitrogens with two attached hydrogens (primary N) is 1. The van der Waals surface area contributed by atoms with Crippen LogP contribution in [0.5, 0.6) is 0 Å². The zero-order chi connectivity index (χ0) is 28.9. The Morgan fingerprint density at radius 3 is 2.10 bits per heavy atom. The van der Waals surface area contributed by atoms with E-state index >= 15 is 0 Å². The third-order valence-corrected chi connectivity index (χ3v) is 7.70. The van der Waals surface area contributed by atoms with Gasteiger partial charge in [0.1, 0.15) is 11.6 Å². The molecule has 0 radical (unpaired) electrons. The lowest BCUT2D eigenvalue weighted by Crippen LogP contribution is -2.49. The van der Waals surface area contributed by atoms with Crippen LogP contribution < -0.4 is 21.3 Å². The molecule has 3 aromatic carbocycles. The van der Waals surface area contributed by atoms with Gasteiger partial charge in [-0.1, -0.05) is 6.07 Å². The Morgan fingerprint density at radius 2 is 1.41 bits per heavy atom. The minimum absolute atomic E-state index is 0.0444. The Labute approximate surface area is 237 Å². The molecule has 1 aliphatic heterocycles. The Hall–Kier alpha value is -4.31. The number of carbonyl (C=O) groups is 3. The maximum atomic E-state index is 13.6. The zero-order valence-electron chi connectivity index (χ0n) is 22.6. The Balaban J connectivity index is 1.34. The zero-order valence-corrected chi connectivity index (χ0v) is 22.6. The van der Waals surface area contributed by atoms with Crippen molar-refractivity contribution in [3.8, 4) is 0 Å². The molecule has 4 N–H and O–H groups in total. The summed E-state index contributed by atoms with van der Waals surface area (Å²) in [7, 11) is 0. The van der Waals surface area contributed by atoms with Gasteiger partial charge in [0.05, 0.1) is 11.4 Å². The van der Waals surface area contributed by atoms with Crippen molar-refractivity contribution in [3.63, 3.8) is 0 Å². The first-order chi connectivity index (χ1) is 19.8. The Bertz CT molecular complexity index is 1420. The fourth-order valence-corrected chi connectivity index (χ4v) is 5.34. The molecule has 0 bridgehead atoms. The molecule has 3 amide bonds. The SMILES string of the molecule is NC1CCC(NC(=O)c2ccc(N3CCN(C(=O)c4cccc(F)c4)CC3)c(NC(=O)c3ccc(F)cc3)c2)CC1. The second-order valence-corrected chi connectivity index (χ2v) is 10.6. The summed E-state index contributed by atoms with van der Waals surface area (Å²) in [6.07, 6.45) is 3.35. The van der Waals surface area contributed by atoms with Crippen LogP contribution in [0, 0.1) is 11.6 Å². The van der Waals surface area contributed by atoms with Crippen molar-refractivity contribution in [1.82, 2.24) is 10.2 Å². The maximum absolute atomic E-state index is 13.6. The van der Waals surface area contributed by atoms with Gasteiger partial charge in [-0.05, 0) is 86.3 Å². The monoisotopic (exact) mass is 561 g/mol. The summed E-state index contributed by atoms with van der Waals surface area (Å²) in [4.78, 5) is 42.8. The molecule has 0 spiro atoms. The summed E-state index contributed by atoms with van der Waals surface area (Å²) in [6, 6.07) is 16.2. The standard InChI is InChI=1S/C31H33F2N5O3/c32-23-7-4-20(5-8-23)29(39)36-27-19-21(30(40)35-26-11-9-25(34)10-12-26)6-13-28(27)37-14-16-38(17-15-37)31(41)22-2-1-3-24(33)18-22/h1-8,13,18-19,25-26H,9-12,14-17,34H2,(H,35,40)(H,36,39). The van der Waals surface area contributed by atoms with Gasteiger partial charge in [-0.2, -0.15) is 0 Å². The Kier molecular flexibility index (Phi) is 8.58. The summed E-state index contributed by atoms with van der Waals surface area (Å²) in [5.74, 6) is -1.84. The van der Waals surface area contributed by atoms with Crippen LogP contribution in [-0.2, 0) is 0 Å². The molecule has 1 saturated carbocycles. The first kappa shape index (κ1) is 28.2. The van der Waals surface area contributed by atoms with Crippen LogP contribution in [0.25, 0.3) is 0 Å². The molecule has 0 aromatic heterocycles. The normalized spacial score (nSPS) is 19.0. The van der Waals surface area contributed by atoms with Crippen LogP contribution in [-0.4, -0.2) is 60.9 Å². The fraction of sp³-hybridized carbons (Fsp3) is 0.323. The first-order valence-corrected chi connectivity index (χ1v) is 13.8. The third-order valence-electron chi connectivity index (χ3n) is 7.70. The van der Waals surface area contributed by atoms with Crippen molar-refractivity contribution in [2.45, 2.75) is 37.8 Å². The van der Waals surface area contributed by atoms with Crippen molar-refractivity contribution >= 4 is 29.1 Å². The van der Waals surface area contributed by atoms with Gasteiger partial charge in [0.25, 0.3) is 17.7 Å². The molecule has 1 heterocycles. The molecule has 5 rings (SSSR count). The number of anilines is 2. The van der Waals surface area contributed by atoms with Crippen molar-refractivity contribution in [3.05, 3.63) is 95.1 Å². The maximum Gasteiger partial charge on any atom is 0.255 e. The van der Waals surface area contributed by atoms with Crippen molar-refractivity contribution < 1.29 is 23.2 Å². The quantitative estimate of drug-likeness (QED) is 0.419. The molecular weight excluding hydrogens is 528 g/mol. The van der Waals surface area contributed by atoms with E-state index in [0.29, 0.717) is 48.7 Å². The number of piperazine rings is 1. The van der Waals surface area contributed by atoms with E-state index in [1.54, 1.807) is 29.2 Å². The summed E-state index contributed by atoms with van der Waals surface area (Å²) in [5, 5.41) is 5.97. The number of nitrogens with one attached hydrogen (secondary N) is 2. The number of benzene rings is 3. The molecule has 3 aromatic rings. The molecule has 0 unspecified atom stereocenters. The lowest BCUT2D eigenvalue weighted by molar-refractivity contribution is 0.0746. The highest BCUT2D eigenvalue weighted by molar-refractivity contribution is 6.07. The molecule has 214 valence electrons. The number of hydrogen-bond donors (Lipinski definition) is 3. The highest BCUT2D eigenvalue weighted by Crippen LogP contribution is 2.30. The highest BCUT2D eigenvalue weighted by atomic mass is 19.1. The average molecular weight is 562 g/mol. The van der Waals surface area contributed by atoms with Crippen molar-refractivity contribution in [1.29, 1.82) is 0 Å². The van der Waals surface area contributed by atoms with Gasteiger partial charge >= 0.3 is 0 Å². The van der Waals surface area contributed by atoms with Crippen LogP contribution in [0.1, 0.15) is 56.8 Å². The van der Waals surface area contributed by atoms with Gasteiger partial charge in [-0.25, -0.2) is 8.78 Å². The van der Waals surface area contributed by atoms with Crippen LogP contribution in [0.2, 0.25) is 0 Å². The van der Waals surface area contributed by atoms with Crippen LogP contribution >= 0.6 is 0 Å². The first-order valence-electron chi connectivity index (χ1n) is 13.8. The number of carbonyl (C=O) groups excluding carboxylic acids is 3. The van der Waals surface area contributed by atoms with Gasteiger partial charge in [-0.15, -0.1) is 0 Å². The third kappa shape index (κ3) is 6.89. The van der Waals surface area contributed by atoms with Gasteiger partial charge in [0.2, 0.25) is 0 Å². The molecule has 2 fully saturated rings. The molecule has 10 heteroatoms. The number of halogens is 2. The molecule has 2 aliphatic rings. The fourth-order valence-electron chi connectivity index (χ4n) is 5.34. The van der Waals surface area contributed by atoms with Gasteiger partial charge in [0, 0.05) is 55.0 Å². The van der Waals surface area contributed by atoms with E-state index in [-0.39, 0.29) is 29.5 Å². The minimum atomic E-state index is -0.466. The minimum Gasteiger partial charge on any atom is -0.366 e. The van der Waals surface area contributed by atoms with E-state index in [4.69, 9.17) is 5.73 Å². The summed E-state index contributed by atoms with van der Waals surface area (Å²) in [6.45, 7) is 1.72. The predicted octanol–water partition coefficient (Wildman–Crippen LogP) is 4.18. The van der Waals surface area contributed by atoms with Gasteiger partial charge in [-0.3, -0.25) is 14.4 Å². The lowest BCUT2D eigenvalue weighted by Gasteiger charge is -2.37. The molecule has 1 aliphatic carbocycles. The van der Waals surface area contributed by atoms with Crippen molar-refractivity contribution in [2.75, 3.05) is 36.4 Å².